The van der Waals surface area contributed by atoms with Crippen LogP contribution in [0.3, 0.4) is 0 Å². The summed E-state index contributed by atoms with van der Waals surface area (Å²) in [7, 11) is 0. The summed E-state index contributed by atoms with van der Waals surface area (Å²) in [4.78, 5) is 22.5. The number of carbonyl (C=O) groups is 1. The second-order valence-electron chi connectivity index (χ2n) is 6.54. The van der Waals surface area contributed by atoms with Crippen molar-refractivity contribution in [1.29, 1.82) is 0 Å². The number of thiazole rings is 1. The van der Waals surface area contributed by atoms with Gasteiger partial charge in [-0.05, 0) is 17.7 Å². The maximum atomic E-state index is 14.2. The second kappa shape index (κ2) is 9.23. The number of para-hydroxylation sites is 1. The Balaban J connectivity index is 1.47. The van der Waals surface area contributed by atoms with Crippen molar-refractivity contribution in [1.82, 2.24) is 14.5 Å². The van der Waals surface area contributed by atoms with Crippen molar-refractivity contribution in [2.75, 3.05) is 4.90 Å². The van der Waals surface area contributed by atoms with E-state index in [1.165, 1.54) is 34.8 Å². The highest BCUT2D eigenvalue weighted by molar-refractivity contribution is 7.98. The summed E-state index contributed by atoms with van der Waals surface area (Å²) < 4.78 is 16.3. The molecule has 0 N–H and O–H groups in total. The van der Waals surface area contributed by atoms with Crippen LogP contribution in [0, 0.1) is 5.82 Å². The van der Waals surface area contributed by atoms with E-state index in [0.717, 1.165) is 17.4 Å². The Kier molecular flexibility index (Phi) is 6.25. The molecule has 5 nitrogen and oxygen atoms in total. The zero-order valence-corrected chi connectivity index (χ0v) is 17.9. The van der Waals surface area contributed by atoms with E-state index in [1.807, 2.05) is 29.8 Å². The minimum absolute atomic E-state index is 0.206. The second-order valence-corrected chi connectivity index (χ2v) is 8.32. The van der Waals surface area contributed by atoms with Gasteiger partial charge in [-0.1, -0.05) is 54.2 Å². The van der Waals surface area contributed by atoms with Crippen molar-refractivity contribution in [2.24, 2.45) is 0 Å². The van der Waals surface area contributed by atoms with E-state index >= 15 is 0 Å². The first-order valence-corrected chi connectivity index (χ1v) is 11.2. The van der Waals surface area contributed by atoms with E-state index in [1.54, 1.807) is 36.2 Å². The molecule has 0 saturated heterocycles. The fourth-order valence-electron chi connectivity index (χ4n) is 2.98. The van der Waals surface area contributed by atoms with Crippen LogP contribution in [0.1, 0.15) is 18.2 Å². The lowest BCUT2D eigenvalue weighted by Gasteiger charge is -2.18. The number of amides is 1. The first-order chi connectivity index (χ1) is 14.6. The molecule has 0 spiro atoms. The quantitative estimate of drug-likeness (QED) is 0.357. The summed E-state index contributed by atoms with van der Waals surface area (Å²) in [5, 5.41) is 3.24. The maximum absolute atomic E-state index is 14.2. The van der Waals surface area contributed by atoms with E-state index in [0.29, 0.717) is 10.9 Å². The van der Waals surface area contributed by atoms with Crippen molar-refractivity contribution in [3.63, 3.8) is 0 Å². The fraction of sp³-hybridized carbons (Fsp3) is 0.136. The number of imidazole rings is 1. The highest BCUT2D eigenvalue weighted by Crippen LogP contribution is 2.32. The molecule has 2 aromatic carbocycles. The Morgan fingerprint density at radius 3 is 2.70 bits per heavy atom. The Hall–Kier alpha value is -2.97. The van der Waals surface area contributed by atoms with Crippen molar-refractivity contribution in [2.45, 2.75) is 24.4 Å². The van der Waals surface area contributed by atoms with E-state index in [4.69, 9.17) is 0 Å². The molecule has 1 amide bonds. The molecule has 4 aromatic rings. The lowest BCUT2D eigenvalue weighted by Crippen LogP contribution is -2.23. The summed E-state index contributed by atoms with van der Waals surface area (Å²) in [5.41, 5.74) is 2.23. The molecule has 2 aromatic heterocycles. The standard InChI is InChI=1S/C22H19FN4OS2/c1-16(28)27(20-10-6-5-9-19(20)23)22-25-18(15-30-22)14-29-21-24-11-12-26(21)13-17-7-3-2-4-8-17/h2-12,15H,13-14H2,1H3. The first-order valence-electron chi connectivity index (χ1n) is 9.29. The number of hydrogen-bond donors (Lipinski definition) is 0. The van der Waals surface area contributed by atoms with E-state index in [2.05, 4.69) is 26.7 Å². The number of anilines is 2. The zero-order chi connectivity index (χ0) is 20.9. The number of nitrogens with zero attached hydrogens (tertiary/aromatic N) is 4. The van der Waals surface area contributed by atoms with E-state index in [-0.39, 0.29) is 11.6 Å². The monoisotopic (exact) mass is 438 g/mol. The average Bonchev–Trinajstić information content (AvgIpc) is 3.38. The molecule has 152 valence electrons. The number of halogens is 1. The topological polar surface area (TPSA) is 51.0 Å². The van der Waals surface area contributed by atoms with Crippen molar-refractivity contribution >= 4 is 39.8 Å². The van der Waals surface area contributed by atoms with Gasteiger partial charge >= 0.3 is 0 Å². The third kappa shape index (κ3) is 4.60. The summed E-state index contributed by atoms with van der Waals surface area (Å²) >= 11 is 2.90. The molecule has 0 aliphatic heterocycles. The Morgan fingerprint density at radius 1 is 1.17 bits per heavy atom. The number of thioether (sulfide) groups is 1. The van der Waals surface area contributed by atoms with Gasteiger partial charge in [-0.3, -0.25) is 9.69 Å². The van der Waals surface area contributed by atoms with Gasteiger partial charge in [-0.15, -0.1) is 11.3 Å². The molecule has 0 aliphatic rings. The molecule has 0 radical (unpaired) electrons. The third-order valence-corrected chi connectivity index (χ3v) is 6.27. The summed E-state index contributed by atoms with van der Waals surface area (Å²) in [6, 6.07) is 16.4. The highest BCUT2D eigenvalue weighted by atomic mass is 32.2. The summed E-state index contributed by atoms with van der Waals surface area (Å²) in [6.45, 7) is 2.15. The van der Waals surface area contributed by atoms with Crippen molar-refractivity contribution in [3.8, 4) is 0 Å². The Labute approximate surface area is 182 Å². The molecular weight excluding hydrogens is 419 g/mol. The van der Waals surface area contributed by atoms with Gasteiger partial charge < -0.3 is 4.57 Å². The maximum Gasteiger partial charge on any atom is 0.230 e. The van der Waals surface area contributed by atoms with Gasteiger partial charge in [0, 0.05) is 37.0 Å². The molecule has 0 fully saturated rings. The average molecular weight is 439 g/mol. The van der Waals surface area contributed by atoms with Crippen LogP contribution in [0.25, 0.3) is 0 Å². The van der Waals surface area contributed by atoms with Gasteiger partial charge in [-0.25, -0.2) is 14.4 Å². The van der Waals surface area contributed by atoms with Crippen LogP contribution in [0.15, 0.2) is 77.5 Å². The smallest absolute Gasteiger partial charge is 0.230 e. The van der Waals surface area contributed by atoms with Crippen LogP contribution in [-0.4, -0.2) is 20.4 Å². The molecule has 2 heterocycles. The van der Waals surface area contributed by atoms with Gasteiger partial charge in [0.05, 0.1) is 11.4 Å². The first kappa shape index (κ1) is 20.3. The minimum Gasteiger partial charge on any atom is -0.322 e. The van der Waals surface area contributed by atoms with E-state index in [9.17, 15) is 9.18 Å². The van der Waals surface area contributed by atoms with Crippen molar-refractivity contribution in [3.05, 3.63) is 89.4 Å². The van der Waals surface area contributed by atoms with Crippen LogP contribution in [0.2, 0.25) is 0 Å². The molecule has 4 rings (SSSR count). The molecule has 8 heteroatoms. The number of aromatic nitrogens is 3. The van der Waals surface area contributed by atoms with Crippen LogP contribution in [0.4, 0.5) is 15.2 Å². The SMILES string of the molecule is CC(=O)N(c1nc(CSc2nccn2Cc2ccccc2)cs1)c1ccccc1F. The molecule has 0 aliphatic carbocycles. The lowest BCUT2D eigenvalue weighted by atomic mass is 10.2. The van der Waals surface area contributed by atoms with Gasteiger partial charge in [0.2, 0.25) is 5.91 Å². The largest absolute Gasteiger partial charge is 0.322 e. The minimum atomic E-state index is -0.457. The van der Waals surface area contributed by atoms with Gasteiger partial charge in [0.15, 0.2) is 10.3 Å². The summed E-state index contributed by atoms with van der Waals surface area (Å²) in [6.07, 6.45) is 3.74. The number of carbonyl (C=O) groups excluding carboxylic acids is 1. The van der Waals surface area contributed by atoms with Gasteiger partial charge in [0.25, 0.3) is 0 Å². The molecule has 0 saturated carbocycles. The summed E-state index contributed by atoms with van der Waals surface area (Å²) in [5.74, 6) is -0.139. The lowest BCUT2D eigenvalue weighted by molar-refractivity contribution is -0.115. The number of benzene rings is 2. The highest BCUT2D eigenvalue weighted by Gasteiger charge is 2.21. The van der Waals surface area contributed by atoms with Crippen molar-refractivity contribution < 1.29 is 9.18 Å². The van der Waals surface area contributed by atoms with Crippen LogP contribution in [0.5, 0.6) is 0 Å². The van der Waals surface area contributed by atoms with Gasteiger partial charge in [0.1, 0.15) is 5.82 Å². The van der Waals surface area contributed by atoms with Crippen LogP contribution in [-0.2, 0) is 17.1 Å². The molecular formula is C22H19FN4OS2. The van der Waals surface area contributed by atoms with Crippen LogP contribution < -0.4 is 4.90 Å². The normalized spacial score (nSPS) is 10.9. The Bertz CT molecular complexity index is 1140. The molecule has 0 atom stereocenters. The predicted molar refractivity (Wildman–Crippen MR) is 119 cm³/mol. The third-order valence-electron chi connectivity index (χ3n) is 4.36. The number of hydrogen-bond acceptors (Lipinski definition) is 5. The van der Waals surface area contributed by atoms with Gasteiger partial charge in [-0.2, -0.15) is 0 Å². The molecule has 30 heavy (non-hydrogen) atoms. The van der Waals surface area contributed by atoms with Crippen LogP contribution >= 0.6 is 23.1 Å². The molecule has 0 unspecified atom stereocenters. The zero-order valence-electron chi connectivity index (χ0n) is 16.2. The fourth-order valence-corrected chi connectivity index (χ4v) is 4.82. The number of rotatable bonds is 7. The predicted octanol–water partition coefficient (Wildman–Crippen LogP) is 5.50. The molecule has 0 bridgehead atoms. The van der Waals surface area contributed by atoms with E-state index < -0.39 is 5.82 Å². The Morgan fingerprint density at radius 2 is 1.93 bits per heavy atom.